The van der Waals surface area contributed by atoms with E-state index in [1.54, 1.807) is 29.2 Å². The molecule has 2 N–H and O–H groups in total. The van der Waals surface area contributed by atoms with Crippen LogP contribution in [0.15, 0.2) is 48.5 Å². The average molecular weight is 480 g/mol. The molecule has 0 spiro atoms. The van der Waals surface area contributed by atoms with Gasteiger partial charge in [0.25, 0.3) is 5.91 Å². The molecule has 2 heterocycles. The van der Waals surface area contributed by atoms with Crippen molar-refractivity contribution in [2.45, 2.75) is 25.7 Å². The van der Waals surface area contributed by atoms with Crippen LogP contribution in [0.4, 0.5) is 16.2 Å². The number of urea groups is 1. The summed E-state index contributed by atoms with van der Waals surface area (Å²) in [5.41, 5.74) is 2.69. The van der Waals surface area contributed by atoms with E-state index in [0.29, 0.717) is 30.0 Å². The number of methoxy groups -OCH3 is 1. The predicted octanol–water partition coefficient (Wildman–Crippen LogP) is 4.30. The average Bonchev–Trinajstić information content (AvgIpc) is 3.36. The lowest BCUT2D eigenvalue weighted by Gasteiger charge is -2.31. The molecular formula is C24H25N5O4S. The lowest BCUT2D eigenvalue weighted by Crippen LogP contribution is -2.41. The van der Waals surface area contributed by atoms with E-state index in [1.807, 2.05) is 31.2 Å². The number of esters is 1. The number of hydrogen-bond acceptors (Lipinski definition) is 7. The molecule has 4 rings (SSSR count). The highest BCUT2D eigenvalue weighted by molar-refractivity contribution is 7.13. The summed E-state index contributed by atoms with van der Waals surface area (Å²) in [6, 6.07) is 13.9. The van der Waals surface area contributed by atoms with E-state index in [4.69, 9.17) is 4.74 Å². The van der Waals surface area contributed by atoms with E-state index >= 15 is 0 Å². The zero-order valence-corrected chi connectivity index (χ0v) is 19.7. The molecule has 3 amide bonds. The van der Waals surface area contributed by atoms with Gasteiger partial charge >= 0.3 is 12.0 Å². The van der Waals surface area contributed by atoms with E-state index in [-0.39, 0.29) is 22.9 Å². The van der Waals surface area contributed by atoms with Gasteiger partial charge in [0.15, 0.2) is 0 Å². The second-order valence-electron chi connectivity index (χ2n) is 8.05. The number of hydrogen-bond donors (Lipinski definition) is 2. The monoisotopic (exact) mass is 479 g/mol. The summed E-state index contributed by atoms with van der Waals surface area (Å²) >= 11 is 1.25. The van der Waals surface area contributed by atoms with Crippen LogP contribution in [0.1, 0.15) is 49.5 Å². The zero-order valence-electron chi connectivity index (χ0n) is 18.9. The van der Waals surface area contributed by atoms with Gasteiger partial charge in [0.05, 0.1) is 12.7 Å². The molecule has 0 bridgehead atoms. The number of carbonyl (C=O) groups excluding carboxylic acids is 3. The molecule has 1 unspecified atom stereocenters. The summed E-state index contributed by atoms with van der Waals surface area (Å²) in [5.74, 6) is -0.768. The van der Waals surface area contributed by atoms with Crippen LogP contribution < -0.4 is 10.6 Å². The minimum absolute atomic E-state index is 0.000622. The van der Waals surface area contributed by atoms with Gasteiger partial charge in [-0.05, 0) is 50.1 Å². The van der Waals surface area contributed by atoms with Crippen molar-refractivity contribution in [3.05, 3.63) is 69.7 Å². The Balaban J connectivity index is 1.38. The number of ether oxygens (including phenoxy) is 1. The first-order chi connectivity index (χ1) is 16.4. The number of likely N-dealkylation sites (tertiary alicyclic amines) is 1. The van der Waals surface area contributed by atoms with Gasteiger partial charge in [0, 0.05) is 30.4 Å². The summed E-state index contributed by atoms with van der Waals surface area (Å²) in [5, 5.41) is 15.0. The number of amides is 3. The predicted molar refractivity (Wildman–Crippen MR) is 129 cm³/mol. The van der Waals surface area contributed by atoms with E-state index in [1.165, 1.54) is 18.4 Å². The smallest absolute Gasteiger partial charge is 0.337 e. The second-order valence-corrected chi connectivity index (χ2v) is 9.06. The number of nitrogens with zero attached hydrogens (tertiary/aromatic N) is 3. The molecule has 2 aromatic carbocycles. The van der Waals surface area contributed by atoms with Gasteiger partial charge in [-0.1, -0.05) is 35.1 Å². The van der Waals surface area contributed by atoms with Crippen LogP contribution >= 0.6 is 11.3 Å². The Morgan fingerprint density at radius 3 is 2.62 bits per heavy atom. The molecule has 1 fully saturated rings. The fourth-order valence-corrected chi connectivity index (χ4v) is 4.58. The van der Waals surface area contributed by atoms with Crippen LogP contribution in [0.3, 0.4) is 0 Å². The molecule has 0 radical (unpaired) electrons. The van der Waals surface area contributed by atoms with Crippen molar-refractivity contribution in [2.24, 2.45) is 0 Å². The normalized spacial score (nSPS) is 15.5. The van der Waals surface area contributed by atoms with Crippen molar-refractivity contribution < 1.29 is 19.1 Å². The molecule has 34 heavy (non-hydrogen) atoms. The number of anilines is 2. The molecule has 0 aliphatic carbocycles. The van der Waals surface area contributed by atoms with Crippen molar-refractivity contribution in [1.82, 2.24) is 15.1 Å². The summed E-state index contributed by atoms with van der Waals surface area (Å²) in [7, 11) is 1.31. The molecule has 1 aromatic heterocycles. The van der Waals surface area contributed by atoms with E-state index in [2.05, 4.69) is 20.8 Å². The fraction of sp³-hybridized carbons (Fsp3) is 0.292. The third kappa shape index (κ3) is 5.57. The van der Waals surface area contributed by atoms with Gasteiger partial charge in [-0.3, -0.25) is 4.79 Å². The standard InChI is InChI=1S/C24H25N5O4S/c1-15-8-10-18(11-9-15)25-20(30)22-28-27-21(34-22)17-6-4-12-29(14-17)24(32)26-19-7-3-5-16(13-19)23(31)33-2/h3,5,7-11,13,17H,4,6,12,14H2,1-2H3,(H,25,30)(H,26,32). The van der Waals surface area contributed by atoms with Crippen molar-refractivity contribution in [3.63, 3.8) is 0 Å². The Hall–Kier alpha value is -3.79. The summed E-state index contributed by atoms with van der Waals surface area (Å²) in [6.45, 7) is 3.06. The number of aryl methyl sites for hydroxylation is 1. The van der Waals surface area contributed by atoms with E-state index in [0.717, 1.165) is 23.4 Å². The summed E-state index contributed by atoms with van der Waals surface area (Å²) in [6.07, 6.45) is 1.67. The van der Waals surface area contributed by atoms with Crippen molar-refractivity contribution >= 4 is 40.6 Å². The van der Waals surface area contributed by atoms with Gasteiger partial charge in [-0.25, -0.2) is 9.59 Å². The molecule has 176 valence electrons. The largest absolute Gasteiger partial charge is 0.465 e. The van der Waals surface area contributed by atoms with Gasteiger partial charge in [0.2, 0.25) is 5.01 Å². The van der Waals surface area contributed by atoms with Crippen LogP contribution in [0, 0.1) is 6.92 Å². The first kappa shape index (κ1) is 23.4. The zero-order chi connectivity index (χ0) is 24.1. The maximum Gasteiger partial charge on any atom is 0.337 e. The number of aromatic nitrogens is 2. The van der Waals surface area contributed by atoms with Crippen LogP contribution in [-0.4, -0.2) is 53.2 Å². The van der Waals surface area contributed by atoms with Crippen LogP contribution in [0.5, 0.6) is 0 Å². The fourth-order valence-electron chi connectivity index (χ4n) is 3.72. The minimum Gasteiger partial charge on any atom is -0.465 e. The minimum atomic E-state index is -0.465. The Kier molecular flexibility index (Phi) is 7.17. The van der Waals surface area contributed by atoms with E-state index < -0.39 is 5.97 Å². The number of rotatable bonds is 5. The molecule has 1 atom stereocenters. The third-order valence-corrected chi connectivity index (χ3v) is 6.62. The number of benzene rings is 2. The third-order valence-electron chi connectivity index (χ3n) is 5.54. The van der Waals surface area contributed by atoms with Crippen molar-refractivity contribution in [3.8, 4) is 0 Å². The second kappa shape index (κ2) is 10.4. The van der Waals surface area contributed by atoms with Crippen LogP contribution in [-0.2, 0) is 4.74 Å². The first-order valence-corrected chi connectivity index (χ1v) is 11.7. The highest BCUT2D eigenvalue weighted by Crippen LogP contribution is 2.30. The molecule has 1 aliphatic rings. The van der Waals surface area contributed by atoms with Gasteiger partial charge in [0.1, 0.15) is 5.01 Å². The molecule has 1 aliphatic heterocycles. The molecule has 9 nitrogen and oxygen atoms in total. The Morgan fingerprint density at radius 1 is 1.06 bits per heavy atom. The lowest BCUT2D eigenvalue weighted by molar-refractivity contribution is 0.0600. The van der Waals surface area contributed by atoms with Gasteiger partial charge in [-0.2, -0.15) is 0 Å². The van der Waals surface area contributed by atoms with E-state index in [9.17, 15) is 14.4 Å². The first-order valence-electron chi connectivity index (χ1n) is 10.9. The maximum absolute atomic E-state index is 12.8. The molecule has 0 saturated carbocycles. The van der Waals surface area contributed by atoms with Crippen LogP contribution in [0.25, 0.3) is 0 Å². The van der Waals surface area contributed by atoms with Crippen molar-refractivity contribution in [2.75, 3.05) is 30.8 Å². The maximum atomic E-state index is 12.8. The summed E-state index contributed by atoms with van der Waals surface area (Å²) in [4.78, 5) is 38.8. The van der Waals surface area contributed by atoms with Gasteiger partial charge in [-0.15, -0.1) is 10.2 Å². The summed E-state index contributed by atoms with van der Waals surface area (Å²) < 4.78 is 4.73. The lowest BCUT2D eigenvalue weighted by atomic mass is 9.99. The van der Waals surface area contributed by atoms with Crippen LogP contribution in [0.2, 0.25) is 0 Å². The topological polar surface area (TPSA) is 114 Å². The molecule has 10 heteroatoms. The quantitative estimate of drug-likeness (QED) is 0.528. The molecular weight excluding hydrogens is 454 g/mol. The number of piperidine rings is 1. The van der Waals surface area contributed by atoms with Crippen molar-refractivity contribution in [1.29, 1.82) is 0 Å². The Labute approximate surface area is 201 Å². The number of carbonyl (C=O) groups is 3. The number of nitrogens with one attached hydrogen (secondary N) is 2. The highest BCUT2D eigenvalue weighted by atomic mass is 32.1. The Bertz CT molecular complexity index is 1190. The van der Waals surface area contributed by atoms with Gasteiger partial charge < -0.3 is 20.3 Å². The highest BCUT2D eigenvalue weighted by Gasteiger charge is 2.28. The molecule has 3 aromatic rings. The SMILES string of the molecule is COC(=O)c1cccc(NC(=O)N2CCCC(c3nnc(C(=O)Nc4ccc(C)cc4)s3)C2)c1. The molecule has 1 saturated heterocycles. The Morgan fingerprint density at radius 2 is 1.85 bits per heavy atom.